The number of carbonyl (C=O) groups excluding carboxylic acids is 3. The van der Waals surface area contributed by atoms with Crippen molar-refractivity contribution in [2.24, 2.45) is 17.8 Å². The maximum absolute atomic E-state index is 15.6. The fourth-order valence-electron chi connectivity index (χ4n) is 11.1. The summed E-state index contributed by atoms with van der Waals surface area (Å²) in [6.07, 6.45) is 12.8. The highest BCUT2D eigenvalue weighted by atomic mass is 79.9. The molecule has 4 bridgehead atoms. The van der Waals surface area contributed by atoms with E-state index >= 15 is 4.79 Å². The number of alkyl halides is 1. The van der Waals surface area contributed by atoms with E-state index < -0.39 is 40.2 Å². The van der Waals surface area contributed by atoms with Gasteiger partial charge >= 0.3 is 5.97 Å². The first kappa shape index (κ1) is 39.8. The molecule has 2 aromatic rings. The molecule has 0 radical (unpaired) electrons. The summed E-state index contributed by atoms with van der Waals surface area (Å²) in [5, 5.41) is 0. The number of ketones is 2. The van der Waals surface area contributed by atoms with E-state index in [0.29, 0.717) is 69.4 Å². The molecule has 2 aromatic carbocycles. The molecule has 308 valence electrons. The minimum Gasteiger partial charge on any atom is -0.482 e. The molecule has 0 N–H and O–H groups in total. The van der Waals surface area contributed by atoms with Gasteiger partial charge < -0.3 is 28.4 Å². The van der Waals surface area contributed by atoms with E-state index in [2.05, 4.69) is 74.9 Å². The summed E-state index contributed by atoms with van der Waals surface area (Å²) in [6, 6.07) is 7.49. The van der Waals surface area contributed by atoms with Gasteiger partial charge in [0.15, 0.2) is 22.8 Å². The Hall–Kier alpha value is -4.67. The molecule has 10 heteroatoms. The van der Waals surface area contributed by atoms with Crippen molar-refractivity contribution < 1.29 is 42.8 Å². The lowest BCUT2D eigenvalue weighted by Crippen LogP contribution is -2.75. The Morgan fingerprint density at radius 3 is 2.37 bits per heavy atom. The van der Waals surface area contributed by atoms with Crippen molar-refractivity contribution in [2.75, 3.05) is 12.6 Å². The number of benzene rings is 2. The van der Waals surface area contributed by atoms with Crippen LogP contribution in [0.3, 0.4) is 0 Å². The predicted molar refractivity (Wildman–Crippen MR) is 228 cm³/mol. The van der Waals surface area contributed by atoms with Gasteiger partial charge in [-0.2, -0.15) is 0 Å². The summed E-state index contributed by atoms with van der Waals surface area (Å²) in [5.74, 6) is 0.256. The normalized spacial score (nSPS) is 29.7. The molecule has 0 amide bonds. The molecule has 6 unspecified atom stereocenters. The molecule has 4 heterocycles. The average Bonchev–Trinajstić information content (AvgIpc) is 3.55. The lowest BCUT2D eigenvalue weighted by Gasteiger charge is -2.62. The molecule has 59 heavy (non-hydrogen) atoms. The van der Waals surface area contributed by atoms with Crippen LogP contribution in [0.5, 0.6) is 17.2 Å². The van der Waals surface area contributed by atoms with Gasteiger partial charge in [0.2, 0.25) is 0 Å². The Balaban J connectivity index is 1.37. The molecule has 1 spiro atoms. The number of halogens is 1. The van der Waals surface area contributed by atoms with Gasteiger partial charge in [-0.25, -0.2) is 4.79 Å². The van der Waals surface area contributed by atoms with Gasteiger partial charge in [-0.1, -0.05) is 53.6 Å². The lowest BCUT2D eigenvalue weighted by molar-refractivity contribution is -0.181. The van der Waals surface area contributed by atoms with Crippen LogP contribution in [0.25, 0.3) is 17.6 Å². The van der Waals surface area contributed by atoms with E-state index in [1.54, 1.807) is 13.0 Å². The first-order chi connectivity index (χ1) is 28.0. The van der Waals surface area contributed by atoms with Crippen LogP contribution in [0.15, 0.2) is 76.4 Å². The summed E-state index contributed by atoms with van der Waals surface area (Å²) in [5.41, 5.74) is 2.98. The summed E-state index contributed by atoms with van der Waals surface area (Å²) in [7, 11) is 1.34. The quantitative estimate of drug-likeness (QED) is 0.0999. The standard InChI is InChI=1S/C49H51BrO9/c1-25(2)13-12-20-47(8)21-19-31-39(57-47)30(17-16-26(3)4)42-36(40(31)55-24-50)43-37-34(35-38(51)28-14-10-11-15-29(28)41(35)56-43)32-23-33-46(6,7)59-48(44(32)52,49(33,37)58-42)22-18-27(5)45(53)54-9/h10-11,13-16,18-19,21,32-34H,12,17,20,22-24H2,1-9H3/b27-18-. The number of allylic oxidation sites excluding steroid dienone is 5. The van der Waals surface area contributed by atoms with Gasteiger partial charge in [0.1, 0.15) is 45.4 Å². The Morgan fingerprint density at radius 2 is 1.68 bits per heavy atom. The number of carbonyl (C=O) groups is 3. The van der Waals surface area contributed by atoms with Crippen molar-refractivity contribution >= 4 is 51.1 Å². The first-order valence-corrected chi connectivity index (χ1v) is 21.7. The molecule has 6 atom stereocenters. The number of hydrogen-bond acceptors (Lipinski definition) is 9. The minimum atomic E-state index is -1.58. The Kier molecular flexibility index (Phi) is 9.22. The molecular formula is C49H51BrO9. The maximum Gasteiger partial charge on any atom is 0.333 e. The van der Waals surface area contributed by atoms with Crippen LogP contribution in [-0.2, 0) is 30.2 Å². The van der Waals surface area contributed by atoms with Gasteiger partial charge in [-0.05, 0) is 109 Å². The topological polar surface area (TPSA) is 107 Å². The first-order valence-electron chi connectivity index (χ1n) is 20.6. The van der Waals surface area contributed by atoms with Crippen LogP contribution < -0.4 is 14.2 Å². The molecule has 4 aliphatic heterocycles. The number of ether oxygens (including phenoxy) is 6. The zero-order valence-electron chi connectivity index (χ0n) is 35.2. The highest BCUT2D eigenvalue weighted by Crippen LogP contribution is 2.75. The van der Waals surface area contributed by atoms with Gasteiger partial charge in [0.25, 0.3) is 0 Å². The van der Waals surface area contributed by atoms with Crippen molar-refractivity contribution in [3.8, 4) is 17.2 Å². The van der Waals surface area contributed by atoms with Crippen molar-refractivity contribution in [1.82, 2.24) is 0 Å². The molecule has 8 aliphatic rings. The van der Waals surface area contributed by atoms with Crippen LogP contribution in [0.4, 0.5) is 0 Å². The van der Waals surface area contributed by atoms with E-state index in [4.69, 9.17) is 28.4 Å². The van der Waals surface area contributed by atoms with E-state index in [0.717, 1.165) is 35.1 Å². The van der Waals surface area contributed by atoms with Crippen molar-refractivity contribution in [3.63, 3.8) is 0 Å². The number of rotatable bonds is 10. The van der Waals surface area contributed by atoms with E-state index in [-0.39, 0.29) is 29.4 Å². The van der Waals surface area contributed by atoms with Gasteiger partial charge in [-0.15, -0.1) is 0 Å². The van der Waals surface area contributed by atoms with E-state index in [1.807, 2.05) is 38.1 Å². The van der Waals surface area contributed by atoms with Crippen LogP contribution in [0.1, 0.15) is 114 Å². The third-order valence-corrected chi connectivity index (χ3v) is 13.8. The minimum absolute atomic E-state index is 0.0444. The second kappa shape index (κ2) is 13.7. The molecule has 4 aliphatic carbocycles. The number of methoxy groups -OCH3 is 1. The highest BCUT2D eigenvalue weighted by molar-refractivity contribution is 9.09. The fraction of sp³-hybridized carbons (Fsp3) is 0.449. The summed E-state index contributed by atoms with van der Waals surface area (Å²) in [4.78, 5) is 43.1. The molecular weight excluding hydrogens is 812 g/mol. The molecule has 10 rings (SSSR count). The van der Waals surface area contributed by atoms with Crippen molar-refractivity contribution in [3.05, 3.63) is 104 Å². The van der Waals surface area contributed by atoms with E-state index in [1.165, 1.54) is 12.7 Å². The summed E-state index contributed by atoms with van der Waals surface area (Å²) in [6.45, 7) is 16.1. The molecule has 3 saturated carbocycles. The van der Waals surface area contributed by atoms with Crippen LogP contribution in [0.2, 0.25) is 0 Å². The number of hydrogen-bond donors (Lipinski definition) is 0. The fourth-order valence-corrected chi connectivity index (χ4v) is 11.3. The van der Waals surface area contributed by atoms with Gasteiger partial charge in [0, 0.05) is 52.0 Å². The monoisotopic (exact) mass is 862 g/mol. The Labute approximate surface area is 354 Å². The molecule has 0 aromatic heterocycles. The Bertz CT molecular complexity index is 2450. The third-order valence-electron chi connectivity index (χ3n) is 13.6. The molecule has 4 fully saturated rings. The second-order valence-corrected chi connectivity index (χ2v) is 18.7. The SMILES string of the molecule is COC(=O)/C(C)=C\CC12OC(C)(C)C3CC(C1=O)C1C4=C(OC5=C1C32Oc1c(CC=C(C)C)c2c(c(OCBr)c15)C=CC(C)(CCC=C(C)C)O2)c1ccccc1C4=O. The molecule has 1 saturated heterocycles. The van der Waals surface area contributed by atoms with Gasteiger partial charge in [-0.3, -0.25) is 9.59 Å². The number of fused-ring (bicyclic) bond motifs is 5. The summed E-state index contributed by atoms with van der Waals surface area (Å²) < 4.78 is 41.1. The zero-order chi connectivity index (χ0) is 42.0. The second-order valence-electron chi connectivity index (χ2n) is 18.2. The van der Waals surface area contributed by atoms with Crippen molar-refractivity contribution in [1.29, 1.82) is 0 Å². The number of esters is 1. The summed E-state index contributed by atoms with van der Waals surface area (Å²) >= 11 is 3.57. The lowest BCUT2D eigenvalue weighted by atomic mass is 9.45. The van der Waals surface area contributed by atoms with E-state index in [9.17, 15) is 9.59 Å². The largest absolute Gasteiger partial charge is 0.482 e. The van der Waals surface area contributed by atoms with Crippen LogP contribution in [-0.4, -0.2) is 52.6 Å². The number of Topliss-reactive ketones (excluding diaryl/α,β-unsaturated/α-hetero) is 2. The smallest absolute Gasteiger partial charge is 0.333 e. The highest BCUT2D eigenvalue weighted by Gasteiger charge is 2.84. The molecule has 9 nitrogen and oxygen atoms in total. The predicted octanol–water partition coefficient (Wildman–Crippen LogP) is 10.2. The Morgan fingerprint density at radius 1 is 0.949 bits per heavy atom. The third kappa shape index (κ3) is 5.47. The average molecular weight is 864 g/mol. The van der Waals surface area contributed by atoms with Crippen LogP contribution >= 0.6 is 15.9 Å². The van der Waals surface area contributed by atoms with Crippen molar-refractivity contribution in [2.45, 2.75) is 110 Å². The maximum atomic E-state index is 15.6. The van der Waals surface area contributed by atoms with Gasteiger partial charge in [0.05, 0.1) is 23.8 Å². The van der Waals surface area contributed by atoms with Crippen LogP contribution in [0, 0.1) is 17.8 Å². The zero-order valence-corrected chi connectivity index (χ0v) is 36.8.